The Bertz CT molecular complexity index is 654. The van der Waals surface area contributed by atoms with E-state index in [1.54, 1.807) is 32.0 Å². The summed E-state index contributed by atoms with van der Waals surface area (Å²) in [5, 5.41) is 7.73. The average Bonchev–Trinajstić information content (AvgIpc) is 2.47. The summed E-state index contributed by atoms with van der Waals surface area (Å²) in [6.07, 6.45) is 0. The molecule has 5 heteroatoms. The minimum Gasteiger partial charge on any atom is -0.476 e. The lowest BCUT2D eigenvalue weighted by Crippen LogP contribution is -2.34. The van der Waals surface area contributed by atoms with Crippen LogP contribution >= 0.6 is 11.6 Å². The van der Waals surface area contributed by atoms with Crippen LogP contribution in [0.15, 0.2) is 64.8 Å². The molecule has 0 atom stereocenters. The molecule has 2 aromatic carbocycles. The summed E-state index contributed by atoms with van der Waals surface area (Å²) in [5.41, 5.74) is 0.146. The Morgan fingerprint density at radius 3 is 2.29 bits per heavy atom. The van der Waals surface area contributed by atoms with Crippen molar-refractivity contribution in [3.8, 4) is 5.75 Å². The number of benzene rings is 2. The molecule has 2 rings (SSSR count). The van der Waals surface area contributed by atoms with Gasteiger partial charge in [0, 0.05) is 0 Å². The first kappa shape index (κ1) is 15.2. The molecule has 0 aliphatic rings. The number of carbonyl (C=O) groups is 1. The predicted octanol–water partition coefficient (Wildman–Crippen LogP) is 5.02. The van der Waals surface area contributed by atoms with E-state index in [0.29, 0.717) is 11.4 Å². The van der Waals surface area contributed by atoms with Crippen LogP contribution in [-0.4, -0.2) is 10.8 Å². The van der Waals surface area contributed by atoms with Crippen LogP contribution in [0.2, 0.25) is 0 Å². The van der Waals surface area contributed by atoms with E-state index in [0.717, 1.165) is 5.69 Å². The fourth-order valence-corrected chi connectivity index (χ4v) is 1.59. The van der Waals surface area contributed by atoms with E-state index in [1.165, 1.54) is 0 Å². The van der Waals surface area contributed by atoms with Crippen molar-refractivity contribution in [2.75, 3.05) is 0 Å². The standard InChI is InChI=1S/C16H15ClN2O2/c1-16(2,15(17)20)21-14-11-7-6-10-13(14)19-18-12-8-4-3-5-9-12/h3-11H,1-2H3. The first-order valence-electron chi connectivity index (χ1n) is 6.44. The Hall–Kier alpha value is -2.20. The lowest BCUT2D eigenvalue weighted by molar-refractivity contribution is -0.123. The maximum Gasteiger partial charge on any atom is 0.264 e. The van der Waals surface area contributed by atoms with Crippen molar-refractivity contribution >= 4 is 28.2 Å². The molecule has 0 bridgehead atoms. The highest BCUT2D eigenvalue weighted by Crippen LogP contribution is 2.32. The second kappa shape index (κ2) is 6.50. The van der Waals surface area contributed by atoms with Crippen LogP contribution in [0, 0.1) is 0 Å². The number of rotatable bonds is 5. The number of hydrogen-bond donors (Lipinski definition) is 0. The summed E-state index contributed by atoms with van der Waals surface area (Å²) in [7, 11) is 0. The molecule has 0 fully saturated rings. The number of halogens is 1. The third-order valence-electron chi connectivity index (χ3n) is 2.73. The molecule has 0 amide bonds. The summed E-state index contributed by atoms with van der Waals surface area (Å²) < 4.78 is 5.65. The normalized spacial score (nSPS) is 11.6. The fourth-order valence-electron chi connectivity index (χ4n) is 1.55. The quantitative estimate of drug-likeness (QED) is 0.575. The number of carbonyl (C=O) groups excluding carboxylic acids is 1. The van der Waals surface area contributed by atoms with E-state index in [9.17, 15) is 4.79 Å². The Labute approximate surface area is 128 Å². The first-order chi connectivity index (χ1) is 9.99. The van der Waals surface area contributed by atoms with E-state index >= 15 is 0 Å². The molecule has 0 aliphatic heterocycles. The highest BCUT2D eigenvalue weighted by Gasteiger charge is 2.28. The van der Waals surface area contributed by atoms with Gasteiger partial charge in [0.15, 0.2) is 5.60 Å². The summed E-state index contributed by atoms with van der Waals surface area (Å²) in [6, 6.07) is 16.5. The van der Waals surface area contributed by atoms with Gasteiger partial charge in [-0.05, 0) is 49.7 Å². The van der Waals surface area contributed by atoms with Crippen molar-refractivity contribution in [2.24, 2.45) is 10.2 Å². The number of hydrogen-bond acceptors (Lipinski definition) is 4. The first-order valence-corrected chi connectivity index (χ1v) is 6.81. The monoisotopic (exact) mass is 302 g/mol. The maximum atomic E-state index is 11.3. The van der Waals surface area contributed by atoms with Crippen LogP contribution in [0.5, 0.6) is 5.75 Å². The van der Waals surface area contributed by atoms with Gasteiger partial charge in [0.1, 0.15) is 11.4 Å². The second-order valence-electron chi connectivity index (χ2n) is 4.89. The highest BCUT2D eigenvalue weighted by molar-refractivity contribution is 6.65. The average molecular weight is 303 g/mol. The molecule has 2 aromatic rings. The maximum absolute atomic E-state index is 11.3. The van der Waals surface area contributed by atoms with Crippen molar-refractivity contribution in [3.63, 3.8) is 0 Å². The van der Waals surface area contributed by atoms with Crippen LogP contribution in [0.4, 0.5) is 11.4 Å². The fraction of sp³-hybridized carbons (Fsp3) is 0.188. The molecule has 0 N–H and O–H groups in total. The van der Waals surface area contributed by atoms with Crippen molar-refractivity contribution in [2.45, 2.75) is 19.4 Å². The lowest BCUT2D eigenvalue weighted by Gasteiger charge is -2.22. The van der Waals surface area contributed by atoms with E-state index in [4.69, 9.17) is 16.3 Å². The van der Waals surface area contributed by atoms with Gasteiger partial charge in [0.2, 0.25) is 0 Å². The van der Waals surface area contributed by atoms with E-state index in [2.05, 4.69) is 10.2 Å². The molecule has 0 saturated carbocycles. The van der Waals surface area contributed by atoms with Crippen molar-refractivity contribution in [1.29, 1.82) is 0 Å². The molecule has 0 heterocycles. The van der Waals surface area contributed by atoms with Gasteiger partial charge in [0.05, 0.1) is 5.69 Å². The van der Waals surface area contributed by atoms with Gasteiger partial charge in [-0.25, -0.2) is 0 Å². The van der Waals surface area contributed by atoms with Gasteiger partial charge >= 0.3 is 0 Å². The van der Waals surface area contributed by atoms with Gasteiger partial charge in [0.25, 0.3) is 5.24 Å². The van der Waals surface area contributed by atoms with Crippen LogP contribution in [0.25, 0.3) is 0 Å². The number of para-hydroxylation sites is 1. The Morgan fingerprint density at radius 2 is 1.62 bits per heavy atom. The van der Waals surface area contributed by atoms with Crippen LogP contribution in [0.3, 0.4) is 0 Å². The highest BCUT2D eigenvalue weighted by atomic mass is 35.5. The molecular weight excluding hydrogens is 288 g/mol. The van der Waals surface area contributed by atoms with E-state index in [1.807, 2.05) is 36.4 Å². The van der Waals surface area contributed by atoms with E-state index < -0.39 is 10.8 Å². The van der Waals surface area contributed by atoms with Crippen molar-refractivity contribution in [3.05, 3.63) is 54.6 Å². The third-order valence-corrected chi connectivity index (χ3v) is 3.19. The molecule has 0 saturated heterocycles. The number of ether oxygens (including phenoxy) is 1. The van der Waals surface area contributed by atoms with Gasteiger partial charge in [-0.15, -0.1) is 5.11 Å². The van der Waals surface area contributed by atoms with Crippen LogP contribution < -0.4 is 4.74 Å². The molecule has 108 valence electrons. The molecule has 0 aromatic heterocycles. The Morgan fingerprint density at radius 1 is 1.00 bits per heavy atom. The molecule has 21 heavy (non-hydrogen) atoms. The Kier molecular flexibility index (Phi) is 4.70. The topological polar surface area (TPSA) is 51.0 Å². The Balaban J connectivity index is 2.25. The molecule has 0 unspecified atom stereocenters. The molecule has 0 spiro atoms. The zero-order valence-corrected chi connectivity index (χ0v) is 12.5. The van der Waals surface area contributed by atoms with Crippen LogP contribution in [0.1, 0.15) is 13.8 Å². The van der Waals surface area contributed by atoms with Crippen molar-refractivity contribution < 1.29 is 9.53 Å². The van der Waals surface area contributed by atoms with Crippen molar-refractivity contribution in [1.82, 2.24) is 0 Å². The molecule has 4 nitrogen and oxygen atoms in total. The minimum absolute atomic E-state index is 0.455. The van der Waals surface area contributed by atoms with Gasteiger partial charge in [-0.2, -0.15) is 5.11 Å². The smallest absolute Gasteiger partial charge is 0.264 e. The number of nitrogens with zero attached hydrogens (tertiary/aromatic N) is 2. The SMILES string of the molecule is CC(C)(Oc1ccccc1N=Nc1ccccc1)C(=O)Cl. The largest absolute Gasteiger partial charge is 0.476 e. The van der Waals surface area contributed by atoms with Gasteiger partial charge < -0.3 is 4.74 Å². The summed E-state index contributed by atoms with van der Waals surface area (Å²) in [6.45, 7) is 3.21. The summed E-state index contributed by atoms with van der Waals surface area (Å²) >= 11 is 5.53. The van der Waals surface area contributed by atoms with Gasteiger partial charge in [-0.3, -0.25) is 4.79 Å². The van der Waals surface area contributed by atoms with E-state index in [-0.39, 0.29) is 0 Å². The zero-order chi connectivity index (χ0) is 15.3. The summed E-state index contributed by atoms with van der Waals surface area (Å²) in [4.78, 5) is 11.3. The zero-order valence-electron chi connectivity index (χ0n) is 11.8. The second-order valence-corrected chi connectivity index (χ2v) is 5.23. The minimum atomic E-state index is -1.13. The summed E-state index contributed by atoms with van der Waals surface area (Å²) in [5.74, 6) is 0.455. The third kappa shape index (κ3) is 4.13. The molecule has 0 aliphatic carbocycles. The molecule has 0 radical (unpaired) electrons. The number of azo groups is 1. The lowest BCUT2D eigenvalue weighted by atomic mass is 10.1. The predicted molar refractivity (Wildman–Crippen MR) is 82.6 cm³/mol. The molecular formula is C16H15ClN2O2. The van der Waals surface area contributed by atoms with Crippen LogP contribution in [-0.2, 0) is 4.79 Å². The van der Waals surface area contributed by atoms with Gasteiger partial charge in [-0.1, -0.05) is 30.3 Å².